The van der Waals surface area contributed by atoms with Crippen molar-refractivity contribution in [3.63, 3.8) is 0 Å². The third kappa shape index (κ3) is 2.01. The number of thiophene rings is 1. The summed E-state index contributed by atoms with van der Waals surface area (Å²) in [6.07, 6.45) is 2.62. The predicted molar refractivity (Wildman–Crippen MR) is 89.2 cm³/mol. The largest absolute Gasteiger partial charge is 0.348 e. The van der Waals surface area contributed by atoms with E-state index < -0.39 is 0 Å². The lowest BCUT2D eigenvalue weighted by Crippen LogP contribution is -2.64. The highest BCUT2D eigenvalue weighted by Gasteiger charge is 2.47. The number of carbonyl (C=O) groups excluding carboxylic acids is 1. The van der Waals surface area contributed by atoms with Crippen LogP contribution < -0.4 is 5.32 Å². The van der Waals surface area contributed by atoms with Crippen LogP contribution in [-0.4, -0.2) is 36.5 Å². The van der Waals surface area contributed by atoms with Gasteiger partial charge < -0.3 is 10.2 Å². The second kappa shape index (κ2) is 4.80. The van der Waals surface area contributed by atoms with Gasteiger partial charge in [-0.05, 0) is 48.1 Å². The van der Waals surface area contributed by atoms with E-state index in [-0.39, 0.29) is 5.91 Å². The normalized spacial score (nSPS) is 35.9. The third-order valence-corrected chi connectivity index (χ3v) is 6.85. The Morgan fingerprint density at radius 1 is 1.14 bits per heavy atom. The smallest absolute Gasteiger partial charge is 0.261 e. The van der Waals surface area contributed by atoms with Crippen LogP contribution in [0.5, 0.6) is 0 Å². The van der Waals surface area contributed by atoms with Crippen molar-refractivity contribution in [3.8, 4) is 0 Å². The van der Waals surface area contributed by atoms with Gasteiger partial charge in [-0.3, -0.25) is 4.79 Å². The van der Waals surface area contributed by atoms with Crippen LogP contribution in [0.2, 0.25) is 0 Å². The van der Waals surface area contributed by atoms with Crippen molar-refractivity contribution in [1.82, 2.24) is 10.2 Å². The average Bonchev–Trinajstić information content (AvgIpc) is 2.94. The molecule has 4 bridgehead atoms. The number of hydrogen-bond donors (Lipinski definition) is 1. The van der Waals surface area contributed by atoms with Crippen molar-refractivity contribution in [3.05, 3.63) is 35.2 Å². The molecule has 3 nitrogen and oxygen atoms in total. The van der Waals surface area contributed by atoms with Crippen LogP contribution in [0.3, 0.4) is 0 Å². The van der Waals surface area contributed by atoms with Gasteiger partial charge in [0.25, 0.3) is 5.91 Å². The standard InChI is InChI=1S/C18H20N2OS/c21-18(16-7-12-3-1-2-4-15(12)22-16)19-17-13-5-11-6-14(17)10-20(8-11)9-13/h1-4,7,11,13-14,17H,5-6,8-10H2,(H,19,21)/t11?,13-,14+,17?. The minimum absolute atomic E-state index is 0.133. The van der Waals surface area contributed by atoms with Crippen molar-refractivity contribution >= 4 is 27.3 Å². The van der Waals surface area contributed by atoms with E-state index in [1.165, 1.54) is 42.6 Å². The van der Waals surface area contributed by atoms with Crippen LogP contribution in [0, 0.1) is 17.8 Å². The van der Waals surface area contributed by atoms with Crippen LogP contribution in [-0.2, 0) is 0 Å². The van der Waals surface area contributed by atoms with E-state index in [9.17, 15) is 4.79 Å². The molecule has 3 aliphatic heterocycles. The number of hydrogen-bond acceptors (Lipinski definition) is 3. The zero-order chi connectivity index (χ0) is 14.7. The van der Waals surface area contributed by atoms with Crippen LogP contribution in [0.1, 0.15) is 22.5 Å². The van der Waals surface area contributed by atoms with Crippen molar-refractivity contribution in [2.24, 2.45) is 17.8 Å². The van der Waals surface area contributed by atoms with E-state index >= 15 is 0 Å². The second-order valence-corrected chi connectivity index (χ2v) is 8.31. The lowest BCUT2D eigenvalue weighted by atomic mass is 9.65. The molecule has 4 aliphatic rings. The maximum absolute atomic E-state index is 12.7. The Morgan fingerprint density at radius 3 is 2.64 bits per heavy atom. The number of carbonyl (C=O) groups is 1. The van der Waals surface area contributed by atoms with Gasteiger partial charge in [0.15, 0.2) is 0 Å². The molecule has 3 saturated heterocycles. The Labute approximate surface area is 134 Å². The summed E-state index contributed by atoms with van der Waals surface area (Å²) in [5.74, 6) is 2.36. The molecular formula is C18H20N2OS. The third-order valence-electron chi connectivity index (χ3n) is 5.74. The number of nitrogens with zero attached hydrogens (tertiary/aromatic N) is 1. The number of nitrogens with one attached hydrogen (secondary N) is 1. The van der Waals surface area contributed by atoms with Crippen LogP contribution >= 0.6 is 11.3 Å². The van der Waals surface area contributed by atoms with E-state index in [1.54, 1.807) is 11.3 Å². The van der Waals surface area contributed by atoms with E-state index in [0.29, 0.717) is 17.9 Å². The minimum Gasteiger partial charge on any atom is -0.348 e. The quantitative estimate of drug-likeness (QED) is 0.924. The molecule has 3 unspecified atom stereocenters. The number of benzene rings is 1. The molecule has 1 amide bonds. The summed E-state index contributed by atoms with van der Waals surface area (Å²) in [5, 5.41) is 4.56. The molecule has 6 rings (SSSR count). The highest BCUT2D eigenvalue weighted by molar-refractivity contribution is 7.20. The number of amides is 1. The predicted octanol–water partition coefficient (Wildman–Crippen LogP) is 2.97. The second-order valence-electron chi connectivity index (χ2n) is 7.22. The number of rotatable bonds is 2. The Bertz CT molecular complexity index is 677. The maximum Gasteiger partial charge on any atom is 0.261 e. The van der Waals surface area contributed by atoms with Gasteiger partial charge in [-0.1, -0.05) is 18.2 Å². The highest BCUT2D eigenvalue weighted by atomic mass is 32.1. The van der Waals surface area contributed by atoms with Crippen LogP contribution in [0.4, 0.5) is 0 Å². The lowest BCUT2D eigenvalue weighted by Gasteiger charge is -2.55. The molecule has 4 heterocycles. The van der Waals surface area contributed by atoms with E-state index in [2.05, 4.69) is 22.3 Å². The molecule has 1 saturated carbocycles. The van der Waals surface area contributed by atoms with E-state index in [1.807, 2.05) is 18.2 Å². The molecule has 1 aromatic heterocycles. The van der Waals surface area contributed by atoms with Crippen molar-refractivity contribution in [1.29, 1.82) is 0 Å². The lowest BCUT2D eigenvalue weighted by molar-refractivity contribution is -0.0418. The average molecular weight is 312 g/mol. The SMILES string of the molecule is O=C(NC1[C@@H]2CC3C[C@H]1CN(C3)C2)c1cc2ccccc2s1. The number of piperidine rings is 3. The first kappa shape index (κ1) is 13.1. The van der Waals surface area contributed by atoms with Gasteiger partial charge in [0.1, 0.15) is 0 Å². The fourth-order valence-corrected chi connectivity index (χ4v) is 5.93. The molecule has 1 aromatic carbocycles. The highest BCUT2D eigenvalue weighted by Crippen LogP contribution is 2.43. The summed E-state index contributed by atoms with van der Waals surface area (Å²) in [4.78, 5) is 16.2. The first-order valence-corrected chi connectivity index (χ1v) is 9.10. The molecule has 22 heavy (non-hydrogen) atoms. The van der Waals surface area contributed by atoms with Gasteiger partial charge in [-0.25, -0.2) is 0 Å². The van der Waals surface area contributed by atoms with Gasteiger partial charge in [0, 0.05) is 30.4 Å². The Kier molecular flexibility index (Phi) is 2.86. The van der Waals surface area contributed by atoms with Crippen molar-refractivity contribution in [2.45, 2.75) is 18.9 Å². The van der Waals surface area contributed by atoms with Crippen LogP contribution in [0.25, 0.3) is 10.1 Å². The first-order chi connectivity index (χ1) is 10.8. The summed E-state index contributed by atoms with van der Waals surface area (Å²) in [5.41, 5.74) is 0. The van der Waals surface area contributed by atoms with Crippen LogP contribution in [0.15, 0.2) is 30.3 Å². The zero-order valence-corrected chi connectivity index (χ0v) is 13.3. The zero-order valence-electron chi connectivity index (χ0n) is 12.5. The number of fused-ring (bicyclic) bond motifs is 1. The monoisotopic (exact) mass is 312 g/mol. The topological polar surface area (TPSA) is 32.3 Å². The minimum atomic E-state index is 0.133. The van der Waals surface area contributed by atoms with Gasteiger partial charge >= 0.3 is 0 Å². The molecule has 5 atom stereocenters. The molecule has 1 aliphatic carbocycles. The maximum atomic E-state index is 12.7. The summed E-state index contributed by atoms with van der Waals surface area (Å²) >= 11 is 1.61. The molecule has 4 heteroatoms. The van der Waals surface area contributed by atoms with E-state index in [4.69, 9.17) is 0 Å². The molecular weight excluding hydrogens is 292 g/mol. The molecule has 0 spiro atoms. The molecule has 0 radical (unpaired) electrons. The molecule has 2 aromatic rings. The van der Waals surface area contributed by atoms with Crippen molar-refractivity contribution < 1.29 is 4.79 Å². The summed E-state index contributed by atoms with van der Waals surface area (Å²) in [6.45, 7) is 3.67. The Hall–Kier alpha value is -1.39. The van der Waals surface area contributed by atoms with E-state index in [0.717, 1.165) is 10.8 Å². The summed E-state index contributed by atoms with van der Waals surface area (Å²) in [7, 11) is 0. The van der Waals surface area contributed by atoms with Gasteiger partial charge in [-0.2, -0.15) is 0 Å². The fraction of sp³-hybridized carbons (Fsp3) is 0.500. The Morgan fingerprint density at radius 2 is 1.91 bits per heavy atom. The molecule has 114 valence electrons. The Balaban J connectivity index is 1.38. The van der Waals surface area contributed by atoms with Crippen molar-refractivity contribution in [2.75, 3.05) is 19.6 Å². The van der Waals surface area contributed by atoms with Gasteiger partial charge in [0.2, 0.25) is 0 Å². The fourth-order valence-electron chi connectivity index (χ4n) is 4.96. The summed E-state index contributed by atoms with van der Waals surface area (Å²) < 4.78 is 1.20. The van der Waals surface area contributed by atoms with Gasteiger partial charge in [-0.15, -0.1) is 11.3 Å². The summed E-state index contributed by atoms with van der Waals surface area (Å²) in [6, 6.07) is 10.7. The molecule has 1 N–H and O–H groups in total. The van der Waals surface area contributed by atoms with Gasteiger partial charge in [0.05, 0.1) is 4.88 Å². The first-order valence-electron chi connectivity index (χ1n) is 8.28. The molecule has 4 fully saturated rings.